The SMILES string of the molecule is COc1cc(CNC(=O)C[C@H]2C=CCC2)ccn1. The van der Waals surface area contributed by atoms with Crippen LogP contribution in [0.2, 0.25) is 0 Å². The van der Waals surface area contributed by atoms with Crippen molar-refractivity contribution in [3.63, 3.8) is 0 Å². The molecule has 0 saturated heterocycles. The fraction of sp³-hybridized carbons (Fsp3) is 0.429. The lowest BCUT2D eigenvalue weighted by atomic mass is 10.1. The van der Waals surface area contributed by atoms with Gasteiger partial charge in [0, 0.05) is 25.2 Å². The van der Waals surface area contributed by atoms with Gasteiger partial charge in [0.15, 0.2) is 0 Å². The molecule has 4 heteroatoms. The van der Waals surface area contributed by atoms with Crippen molar-refractivity contribution in [2.75, 3.05) is 7.11 Å². The molecule has 1 aromatic rings. The van der Waals surface area contributed by atoms with Gasteiger partial charge in [-0.05, 0) is 30.4 Å². The number of hydrogen-bond acceptors (Lipinski definition) is 3. The summed E-state index contributed by atoms with van der Waals surface area (Å²) >= 11 is 0. The summed E-state index contributed by atoms with van der Waals surface area (Å²) in [6.45, 7) is 0.522. The van der Waals surface area contributed by atoms with Crippen molar-refractivity contribution in [3.05, 3.63) is 36.0 Å². The van der Waals surface area contributed by atoms with Crippen LogP contribution in [-0.4, -0.2) is 18.0 Å². The summed E-state index contributed by atoms with van der Waals surface area (Å²) in [5, 5.41) is 2.92. The van der Waals surface area contributed by atoms with Crippen LogP contribution in [0.15, 0.2) is 30.5 Å². The number of rotatable bonds is 5. The Balaban J connectivity index is 1.79. The number of carbonyl (C=O) groups excluding carboxylic acids is 1. The summed E-state index contributed by atoms with van der Waals surface area (Å²) < 4.78 is 5.04. The van der Waals surface area contributed by atoms with E-state index >= 15 is 0 Å². The Morgan fingerprint density at radius 2 is 2.50 bits per heavy atom. The third-order valence-electron chi connectivity index (χ3n) is 3.06. The summed E-state index contributed by atoms with van der Waals surface area (Å²) in [7, 11) is 1.58. The molecular formula is C14H18N2O2. The number of aromatic nitrogens is 1. The van der Waals surface area contributed by atoms with Crippen LogP contribution in [-0.2, 0) is 11.3 Å². The smallest absolute Gasteiger partial charge is 0.220 e. The quantitative estimate of drug-likeness (QED) is 0.809. The topological polar surface area (TPSA) is 51.2 Å². The zero-order valence-corrected chi connectivity index (χ0v) is 10.6. The number of ether oxygens (including phenoxy) is 1. The van der Waals surface area contributed by atoms with Crippen molar-refractivity contribution in [2.24, 2.45) is 5.92 Å². The lowest BCUT2D eigenvalue weighted by Crippen LogP contribution is -2.24. The van der Waals surface area contributed by atoms with Gasteiger partial charge in [-0.1, -0.05) is 12.2 Å². The van der Waals surface area contributed by atoms with E-state index in [9.17, 15) is 4.79 Å². The van der Waals surface area contributed by atoms with Crippen LogP contribution < -0.4 is 10.1 Å². The molecule has 4 nitrogen and oxygen atoms in total. The molecule has 1 atom stereocenters. The molecule has 1 heterocycles. The maximum absolute atomic E-state index is 11.7. The lowest BCUT2D eigenvalue weighted by Gasteiger charge is -2.09. The van der Waals surface area contributed by atoms with Crippen LogP contribution in [0, 0.1) is 5.92 Å². The second-order valence-corrected chi connectivity index (χ2v) is 4.45. The van der Waals surface area contributed by atoms with Gasteiger partial charge in [-0.3, -0.25) is 4.79 Å². The van der Waals surface area contributed by atoms with E-state index in [4.69, 9.17) is 4.74 Å². The minimum atomic E-state index is 0.0994. The highest BCUT2D eigenvalue weighted by Crippen LogP contribution is 2.20. The minimum Gasteiger partial charge on any atom is -0.481 e. The van der Waals surface area contributed by atoms with Gasteiger partial charge in [-0.15, -0.1) is 0 Å². The fourth-order valence-electron chi connectivity index (χ4n) is 2.05. The lowest BCUT2D eigenvalue weighted by molar-refractivity contribution is -0.121. The van der Waals surface area contributed by atoms with Crippen LogP contribution in [0.3, 0.4) is 0 Å². The maximum atomic E-state index is 11.7. The molecule has 18 heavy (non-hydrogen) atoms. The maximum Gasteiger partial charge on any atom is 0.220 e. The van der Waals surface area contributed by atoms with E-state index < -0.39 is 0 Å². The summed E-state index contributed by atoms with van der Waals surface area (Å²) in [4.78, 5) is 15.8. The van der Waals surface area contributed by atoms with E-state index in [0.717, 1.165) is 18.4 Å². The molecule has 0 unspecified atom stereocenters. The van der Waals surface area contributed by atoms with Crippen molar-refractivity contribution in [1.29, 1.82) is 0 Å². The molecule has 1 aliphatic carbocycles. The summed E-state index contributed by atoms with van der Waals surface area (Å²) in [5.41, 5.74) is 0.997. The number of nitrogens with zero attached hydrogens (tertiary/aromatic N) is 1. The van der Waals surface area contributed by atoms with Gasteiger partial charge >= 0.3 is 0 Å². The third-order valence-corrected chi connectivity index (χ3v) is 3.06. The van der Waals surface area contributed by atoms with Crippen molar-refractivity contribution in [1.82, 2.24) is 10.3 Å². The van der Waals surface area contributed by atoms with Gasteiger partial charge in [0.05, 0.1) is 7.11 Å². The third kappa shape index (κ3) is 3.58. The van der Waals surface area contributed by atoms with Crippen LogP contribution >= 0.6 is 0 Å². The van der Waals surface area contributed by atoms with Crippen LogP contribution in [0.25, 0.3) is 0 Å². The largest absolute Gasteiger partial charge is 0.481 e. The number of pyridine rings is 1. The zero-order valence-electron chi connectivity index (χ0n) is 10.6. The Labute approximate surface area is 107 Å². The Morgan fingerprint density at radius 1 is 1.61 bits per heavy atom. The molecule has 0 bridgehead atoms. The summed E-state index contributed by atoms with van der Waals surface area (Å²) in [5.74, 6) is 1.08. The first-order chi connectivity index (χ1) is 8.78. The molecular weight excluding hydrogens is 228 g/mol. The number of hydrogen-bond donors (Lipinski definition) is 1. The summed E-state index contributed by atoms with van der Waals surface area (Å²) in [6, 6.07) is 3.70. The Kier molecular flexibility index (Phi) is 4.34. The standard InChI is InChI=1S/C14H18N2O2/c1-18-14-9-12(6-7-15-14)10-16-13(17)8-11-4-2-3-5-11/h2,4,6-7,9,11H,3,5,8,10H2,1H3,(H,16,17)/t11-/m0/s1. The average Bonchev–Trinajstić information content (AvgIpc) is 2.89. The molecule has 0 fully saturated rings. The molecule has 1 aromatic heterocycles. The van der Waals surface area contributed by atoms with Gasteiger partial charge in [-0.25, -0.2) is 4.98 Å². The van der Waals surface area contributed by atoms with Crippen molar-refractivity contribution in [3.8, 4) is 5.88 Å². The van der Waals surface area contributed by atoms with Crippen LogP contribution in [0.4, 0.5) is 0 Å². The number of carbonyl (C=O) groups is 1. The molecule has 0 radical (unpaired) electrons. The normalized spacial score (nSPS) is 17.7. The Bertz CT molecular complexity index is 443. The first kappa shape index (κ1) is 12.6. The second-order valence-electron chi connectivity index (χ2n) is 4.45. The minimum absolute atomic E-state index is 0.0994. The van der Waals surface area contributed by atoms with Gasteiger partial charge in [0.2, 0.25) is 11.8 Å². The highest BCUT2D eigenvalue weighted by Gasteiger charge is 2.13. The van der Waals surface area contributed by atoms with Crippen molar-refractivity contribution >= 4 is 5.91 Å². The molecule has 0 saturated carbocycles. The van der Waals surface area contributed by atoms with Crippen molar-refractivity contribution < 1.29 is 9.53 Å². The van der Waals surface area contributed by atoms with E-state index in [1.165, 1.54) is 0 Å². The highest BCUT2D eigenvalue weighted by atomic mass is 16.5. The van der Waals surface area contributed by atoms with Crippen LogP contribution in [0.1, 0.15) is 24.8 Å². The van der Waals surface area contributed by atoms with Gasteiger partial charge < -0.3 is 10.1 Å². The second kappa shape index (κ2) is 6.19. The van der Waals surface area contributed by atoms with E-state index in [1.807, 2.05) is 12.1 Å². The van der Waals surface area contributed by atoms with Gasteiger partial charge in [0.1, 0.15) is 0 Å². The monoisotopic (exact) mass is 246 g/mol. The van der Waals surface area contributed by atoms with Gasteiger partial charge in [-0.2, -0.15) is 0 Å². The first-order valence-corrected chi connectivity index (χ1v) is 6.20. The molecule has 0 aliphatic heterocycles. The number of amides is 1. The predicted molar refractivity (Wildman–Crippen MR) is 69.1 cm³/mol. The Morgan fingerprint density at radius 3 is 3.22 bits per heavy atom. The molecule has 1 N–H and O–H groups in total. The van der Waals surface area contributed by atoms with E-state index in [2.05, 4.69) is 22.5 Å². The number of allylic oxidation sites excluding steroid dienone is 2. The molecule has 2 rings (SSSR count). The molecule has 0 spiro atoms. The number of nitrogens with one attached hydrogen (secondary N) is 1. The fourth-order valence-corrected chi connectivity index (χ4v) is 2.05. The molecule has 1 amide bonds. The number of methoxy groups -OCH3 is 1. The zero-order chi connectivity index (χ0) is 12.8. The first-order valence-electron chi connectivity index (χ1n) is 6.20. The molecule has 96 valence electrons. The predicted octanol–water partition coefficient (Wildman–Crippen LogP) is 2.06. The molecule has 1 aliphatic rings. The molecule has 0 aromatic carbocycles. The van der Waals surface area contributed by atoms with Gasteiger partial charge in [0.25, 0.3) is 0 Å². The average molecular weight is 246 g/mol. The van der Waals surface area contributed by atoms with E-state index in [1.54, 1.807) is 13.3 Å². The van der Waals surface area contributed by atoms with E-state index in [-0.39, 0.29) is 5.91 Å². The highest BCUT2D eigenvalue weighted by molar-refractivity contribution is 5.76. The summed E-state index contributed by atoms with van der Waals surface area (Å²) in [6.07, 6.45) is 8.73. The van der Waals surface area contributed by atoms with E-state index in [0.29, 0.717) is 24.8 Å². The van der Waals surface area contributed by atoms with Crippen LogP contribution in [0.5, 0.6) is 5.88 Å². The Hall–Kier alpha value is -1.84. The van der Waals surface area contributed by atoms with Crippen molar-refractivity contribution in [2.45, 2.75) is 25.8 Å².